The van der Waals surface area contributed by atoms with Crippen LogP contribution in [0.2, 0.25) is 0 Å². The molecule has 16 heavy (non-hydrogen) atoms. The van der Waals surface area contributed by atoms with Crippen molar-refractivity contribution in [3.05, 3.63) is 0 Å². The Morgan fingerprint density at radius 3 is 3.25 bits per heavy atom. The van der Waals surface area contributed by atoms with Crippen LogP contribution in [0.3, 0.4) is 0 Å². The maximum Gasteiger partial charge on any atom is 0.234 e. The molecule has 0 N–H and O–H groups in total. The Labute approximate surface area is 94.8 Å². The van der Waals surface area contributed by atoms with Gasteiger partial charge in [-0.05, 0) is 19.8 Å². The Hall–Kier alpha value is -0.740. The zero-order valence-electron chi connectivity index (χ0n) is 9.43. The summed E-state index contributed by atoms with van der Waals surface area (Å²) in [6, 6.07) is 0. The molecular formula is C11H17NO4. The first-order valence-corrected chi connectivity index (χ1v) is 5.73. The van der Waals surface area contributed by atoms with Crippen LogP contribution in [0.1, 0.15) is 19.8 Å². The third-order valence-electron chi connectivity index (χ3n) is 3.04. The van der Waals surface area contributed by atoms with Crippen LogP contribution in [0, 0.1) is 0 Å². The maximum absolute atomic E-state index is 9.91. The highest BCUT2D eigenvalue weighted by atomic mass is 16.6. The number of isocyanates is 1. The summed E-state index contributed by atoms with van der Waals surface area (Å²) in [7, 11) is 0. The molecule has 2 aliphatic heterocycles. The highest BCUT2D eigenvalue weighted by Crippen LogP contribution is 2.29. The molecule has 2 aliphatic rings. The number of rotatable bonds is 5. The third-order valence-corrected chi connectivity index (χ3v) is 3.04. The molecule has 2 fully saturated rings. The maximum atomic E-state index is 9.91. The summed E-state index contributed by atoms with van der Waals surface area (Å²) in [5, 5.41) is 0. The smallest absolute Gasteiger partial charge is 0.234 e. The van der Waals surface area contributed by atoms with Gasteiger partial charge < -0.3 is 14.2 Å². The predicted octanol–water partition coefficient (Wildman–Crippen LogP) is 0.674. The highest BCUT2D eigenvalue weighted by molar-refractivity contribution is 5.32. The van der Waals surface area contributed by atoms with Crippen molar-refractivity contribution in [2.75, 3.05) is 19.8 Å². The molecule has 0 aromatic heterocycles. The first kappa shape index (κ1) is 11.7. The monoisotopic (exact) mass is 227 g/mol. The van der Waals surface area contributed by atoms with Crippen molar-refractivity contribution in [2.45, 2.75) is 44.2 Å². The summed E-state index contributed by atoms with van der Waals surface area (Å²) in [5.74, 6) is 0. The van der Waals surface area contributed by atoms with Crippen LogP contribution >= 0.6 is 0 Å². The number of nitrogens with zero attached hydrogens (tertiary/aromatic N) is 1. The zero-order chi connectivity index (χ0) is 11.4. The summed E-state index contributed by atoms with van der Waals surface area (Å²) >= 11 is 0. The van der Waals surface area contributed by atoms with Crippen LogP contribution < -0.4 is 0 Å². The van der Waals surface area contributed by atoms with Gasteiger partial charge >= 0.3 is 0 Å². The molecule has 0 aromatic rings. The second-order valence-electron chi connectivity index (χ2n) is 4.24. The molecule has 2 saturated heterocycles. The molecule has 4 atom stereocenters. The first-order chi connectivity index (χ1) is 7.81. The van der Waals surface area contributed by atoms with E-state index in [9.17, 15) is 4.79 Å². The van der Waals surface area contributed by atoms with Gasteiger partial charge in [0.05, 0.1) is 25.4 Å². The molecule has 0 spiro atoms. The van der Waals surface area contributed by atoms with Crippen LogP contribution in [0.25, 0.3) is 0 Å². The Morgan fingerprint density at radius 1 is 1.56 bits per heavy atom. The summed E-state index contributed by atoms with van der Waals surface area (Å²) in [5.41, 5.74) is 0. The summed E-state index contributed by atoms with van der Waals surface area (Å²) < 4.78 is 17.0. The molecule has 0 aliphatic carbocycles. The average molecular weight is 227 g/mol. The van der Waals surface area contributed by atoms with Gasteiger partial charge in [0, 0.05) is 6.61 Å². The van der Waals surface area contributed by atoms with E-state index in [0.717, 1.165) is 19.4 Å². The van der Waals surface area contributed by atoms with E-state index in [4.69, 9.17) is 14.2 Å². The normalized spacial score (nSPS) is 34.4. The summed E-state index contributed by atoms with van der Waals surface area (Å²) in [6.07, 6.45) is 3.62. The molecule has 2 heterocycles. The van der Waals surface area contributed by atoms with Crippen LogP contribution in [0.15, 0.2) is 4.99 Å². The number of carbonyl (C=O) groups excluding carboxylic acids is 1. The van der Waals surface area contributed by atoms with Gasteiger partial charge in [-0.2, -0.15) is 0 Å². The largest absolute Gasteiger partial charge is 0.373 e. The molecule has 0 radical (unpaired) electrons. The zero-order valence-corrected chi connectivity index (χ0v) is 9.43. The fourth-order valence-corrected chi connectivity index (χ4v) is 2.21. The standard InChI is InChI=1S/C11H17NO4/c1-8(2-4-12-7-13)16-10-6-15-9-3-5-14-11(9)10/h8-11H,2-6H2,1H3/t8?,9?,10-,11?/m1/s1. The quantitative estimate of drug-likeness (QED) is 0.512. The lowest BCUT2D eigenvalue weighted by atomic mass is 10.1. The fourth-order valence-electron chi connectivity index (χ4n) is 2.21. The van der Waals surface area contributed by atoms with Crippen molar-refractivity contribution < 1.29 is 19.0 Å². The minimum atomic E-state index is 0.0303. The van der Waals surface area contributed by atoms with E-state index < -0.39 is 0 Å². The number of hydrogen-bond donors (Lipinski definition) is 0. The minimum Gasteiger partial charge on any atom is -0.373 e. The van der Waals surface area contributed by atoms with Gasteiger partial charge in [-0.1, -0.05) is 0 Å². The highest BCUT2D eigenvalue weighted by Gasteiger charge is 2.42. The Kier molecular flexibility index (Phi) is 4.07. The second kappa shape index (κ2) is 5.55. The number of ether oxygens (including phenoxy) is 3. The van der Waals surface area contributed by atoms with E-state index in [1.807, 2.05) is 6.92 Å². The van der Waals surface area contributed by atoms with E-state index in [1.54, 1.807) is 0 Å². The molecular weight excluding hydrogens is 210 g/mol. The van der Waals surface area contributed by atoms with E-state index in [2.05, 4.69) is 4.99 Å². The molecule has 3 unspecified atom stereocenters. The minimum absolute atomic E-state index is 0.0303. The Bertz CT molecular complexity index is 277. The van der Waals surface area contributed by atoms with Crippen molar-refractivity contribution in [3.63, 3.8) is 0 Å². The second-order valence-corrected chi connectivity index (χ2v) is 4.24. The van der Waals surface area contributed by atoms with Gasteiger partial charge in [-0.15, -0.1) is 0 Å². The van der Waals surface area contributed by atoms with E-state index in [-0.39, 0.29) is 24.4 Å². The number of aliphatic imine (C=N–C) groups is 1. The van der Waals surface area contributed by atoms with Crippen molar-refractivity contribution in [1.29, 1.82) is 0 Å². The Balaban J connectivity index is 1.74. The summed E-state index contributed by atoms with van der Waals surface area (Å²) in [4.78, 5) is 13.4. The van der Waals surface area contributed by atoms with Crippen LogP contribution in [-0.2, 0) is 19.0 Å². The SMILES string of the molecule is CC(CCN=C=O)O[C@@H]1COC2CCOC21. The Morgan fingerprint density at radius 2 is 2.44 bits per heavy atom. The fraction of sp³-hybridized carbons (Fsp3) is 0.909. The molecule has 2 rings (SSSR count). The molecule has 0 bridgehead atoms. The van der Waals surface area contributed by atoms with Gasteiger partial charge in [-0.25, -0.2) is 9.79 Å². The molecule has 0 aromatic carbocycles. The molecule has 0 amide bonds. The number of fused-ring (bicyclic) bond motifs is 1. The van der Waals surface area contributed by atoms with Gasteiger partial charge in [0.25, 0.3) is 0 Å². The topological polar surface area (TPSA) is 57.1 Å². The van der Waals surface area contributed by atoms with Crippen molar-refractivity contribution >= 4 is 6.08 Å². The van der Waals surface area contributed by atoms with Crippen LogP contribution in [0.4, 0.5) is 0 Å². The predicted molar refractivity (Wildman–Crippen MR) is 56.0 cm³/mol. The van der Waals surface area contributed by atoms with E-state index >= 15 is 0 Å². The van der Waals surface area contributed by atoms with Gasteiger partial charge in [-0.3, -0.25) is 0 Å². The molecule has 5 nitrogen and oxygen atoms in total. The average Bonchev–Trinajstić information content (AvgIpc) is 2.83. The summed E-state index contributed by atoms with van der Waals surface area (Å²) in [6.45, 7) is 3.81. The lowest BCUT2D eigenvalue weighted by Gasteiger charge is -2.21. The van der Waals surface area contributed by atoms with Crippen molar-refractivity contribution in [1.82, 2.24) is 0 Å². The molecule has 0 saturated carbocycles. The van der Waals surface area contributed by atoms with Crippen molar-refractivity contribution in [2.24, 2.45) is 4.99 Å². The lowest BCUT2D eigenvalue weighted by molar-refractivity contribution is -0.0642. The van der Waals surface area contributed by atoms with Crippen molar-refractivity contribution in [3.8, 4) is 0 Å². The van der Waals surface area contributed by atoms with Crippen LogP contribution in [-0.4, -0.2) is 50.3 Å². The first-order valence-electron chi connectivity index (χ1n) is 5.73. The molecule has 5 heteroatoms. The van der Waals surface area contributed by atoms with Gasteiger partial charge in [0.15, 0.2) is 0 Å². The van der Waals surface area contributed by atoms with Gasteiger partial charge in [0.2, 0.25) is 6.08 Å². The lowest BCUT2D eigenvalue weighted by Crippen LogP contribution is -2.33. The van der Waals surface area contributed by atoms with E-state index in [1.165, 1.54) is 6.08 Å². The van der Waals surface area contributed by atoms with Gasteiger partial charge in [0.1, 0.15) is 12.2 Å². The third kappa shape index (κ3) is 2.68. The van der Waals surface area contributed by atoms with Crippen LogP contribution in [0.5, 0.6) is 0 Å². The molecule has 90 valence electrons. The van der Waals surface area contributed by atoms with E-state index in [0.29, 0.717) is 13.2 Å². The number of hydrogen-bond acceptors (Lipinski definition) is 5.